The van der Waals surface area contributed by atoms with Gasteiger partial charge in [0.05, 0.1) is 0 Å². The van der Waals surface area contributed by atoms with Gasteiger partial charge in [0.15, 0.2) is 5.11 Å². The van der Waals surface area contributed by atoms with Crippen molar-refractivity contribution < 1.29 is 14.0 Å². The van der Waals surface area contributed by atoms with Crippen molar-refractivity contribution in [3.8, 4) is 0 Å². The number of allylic oxidation sites excluding steroid dienone is 3. The highest BCUT2D eigenvalue weighted by molar-refractivity contribution is 7.80. The van der Waals surface area contributed by atoms with Crippen LogP contribution in [-0.4, -0.2) is 28.4 Å². The highest BCUT2D eigenvalue weighted by atomic mass is 32.1. The molecule has 2 heterocycles. The second kappa shape index (κ2) is 7.00. The van der Waals surface area contributed by atoms with Gasteiger partial charge in [-0.1, -0.05) is 24.3 Å². The Labute approximate surface area is 134 Å². The zero-order valence-electron chi connectivity index (χ0n) is 12.3. The summed E-state index contributed by atoms with van der Waals surface area (Å²) in [4.78, 5) is 25.7. The van der Waals surface area contributed by atoms with Crippen LogP contribution in [0.3, 0.4) is 0 Å². The summed E-state index contributed by atoms with van der Waals surface area (Å²) in [5, 5.41) is 2.62. The van der Waals surface area contributed by atoms with Gasteiger partial charge < -0.3 is 4.42 Å². The summed E-state index contributed by atoms with van der Waals surface area (Å²) in [5.74, 6) is 0.205. The molecule has 0 radical (unpaired) electrons. The van der Waals surface area contributed by atoms with Crippen LogP contribution in [0.1, 0.15) is 18.4 Å². The Hall–Kier alpha value is -2.47. The molecule has 0 atom stereocenters. The van der Waals surface area contributed by atoms with Gasteiger partial charge in [0, 0.05) is 6.54 Å². The van der Waals surface area contributed by atoms with E-state index in [0.29, 0.717) is 11.5 Å². The molecule has 1 saturated heterocycles. The lowest BCUT2D eigenvalue weighted by Crippen LogP contribution is -2.53. The molecule has 1 fully saturated rings. The SMILES string of the molecule is C/C=C/C=C/CN1C(=O)/C(=C/c2ccc(C)o2)C(=O)NC1=S. The van der Waals surface area contributed by atoms with Gasteiger partial charge in [-0.25, -0.2) is 0 Å². The lowest BCUT2D eigenvalue weighted by atomic mass is 10.1. The first-order valence-corrected chi connectivity index (χ1v) is 7.17. The Kier molecular flexibility index (Phi) is 5.06. The molecule has 0 aromatic carbocycles. The third-order valence-corrected chi connectivity index (χ3v) is 3.28. The van der Waals surface area contributed by atoms with E-state index in [9.17, 15) is 9.59 Å². The molecule has 0 aliphatic carbocycles. The fourth-order valence-corrected chi connectivity index (χ4v) is 2.14. The Bertz CT molecular complexity index is 698. The number of hydrogen-bond acceptors (Lipinski definition) is 4. The second-order valence-corrected chi connectivity index (χ2v) is 5.02. The molecule has 1 aromatic rings. The number of carbonyl (C=O) groups excluding carboxylic acids is 2. The van der Waals surface area contributed by atoms with E-state index in [4.69, 9.17) is 16.6 Å². The van der Waals surface area contributed by atoms with Crippen LogP contribution in [0.15, 0.2) is 46.4 Å². The summed E-state index contributed by atoms with van der Waals surface area (Å²) in [5.41, 5.74) is 0.00221. The van der Waals surface area contributed by atoms with Crippen LogP contribution < -0.4 is 5.32 Å². The molecule has 114 valence electrons. The molecule has 6 heteroatoms. The van der Waals surface area contributed by atoms with Gasteiger partial charge in [-0.05, 0) is 44.3 Å². The van der Waals surface area contributed by atoms with Crippen molar-refractivity contribution in [2.75, 3.05) is 6.54 Å². The number of rotatable bonds is 4. The summed E-state index contributed by atoms with van der Waals surface area (Å²) < 4.78 is 5.37. The van der Waals surface area contributed by atoms with Gasteiger partial charge in [0.2, 0.25) is 0 Å². The third kappa shape index (κ3) is 3.59. The molecule has 22 heavy (non-hydrogen) atoms. The zero-order chi connectivity index (χ0) is 16.1. The summed E-state index contributed by atoms with van der Waals surface area (Å²) in [6.45, 7) is 3.97. The molecule has 0 spiro atoms. The maximum absolute atomic E-state index is 12.4. The quantitative estimate of drug-likeness (QED) is 0.401. The van der Waals surface area contributed by atoms with E-state index in [1.807, 2.05) is 25.2 Å². The number of hydrogen-bond donors (Lipinski definition) is 1. The van der Waals surface area contributed by atoms with Crippen LogP contribution in [0.4, 0.5) is 0 Å². The first-order chi connectivity index (χ1) is 10.5. The van der Waals surface area contributed by atoms with Crippen molar-refractivity contribution >= 4 is 35.2 Å². The molecule has 1 aliphatic heterocycles. The molecule has 1 aliphatic rings. The van der Waals surface area contributed by atoms with Crippen LogP contribution in [0.25, 0.3) is 6.08 Å². The number of nitrogens with one attached hydrogen (secondary N) is 1. The van der Waals surface area contributed by atoms with Crippen molar-refractivity contribution in [3.63, 3.8) is 0 Å². The summed E-state index contributed by atoms with van der Waals surface area (Å²) in [6, 6.07) is 3.46. The van der Waals surface area contributed by atoms with Crippen molar-refractivity contribution in [1.29, 1.82) is 0 Å². The monoisotopic (exact) mass is 316 g/mol. The topological polar surface area (TPSA) is 62.6 Å². The van der Waals surface area contributed by atoms with Gasteiger partial charge in [-0.2, -0.15) is 0 Å². The predicted octanol–water partition coefficient (Wildman–Crippen LogP) is 2.35. The average molecular weight is 316 g/mol. The van der Waals surface area contributed by atoms with Crippen LogP contribution in [-0.2, 0) is 9.59 Å². The van der Waals surface area contributed by atoms with Crippen LogP contribution in [0, 0.1) is 6.92 Å². The summed E-state index contributed by atoms with van der Waals surface area (Å²) in [7, 11) is 0. The van der Waals surface area contributed by atoms with E-state index >= 15 is 0 Å². The van der Waals surface area contributed by atoms with Crippen LogP contribution in [0.2, 0.25) is 0 Å². The van der Waals surface area contributed by atoms with E-state index in [2.05, 4.69) is 5.32 Å². The van der Waals surface area contributed by atoms with E-state index in [1.54, 1.807) is 25.1 Å². The van der Waals surface area contributed by atoms with E-state index in [1.165, 1.54) is 11.0 Å². The second-order valence-electron chi connectivity index (χ2n) is 4.64. The Balaban J connectivity index is 2.23. The fourth-order valence-electron chi connectivity index (χ4n) is 1.89. The highest BCUT2D eigenvalue weighted by Gasteiger charge is 2.32. The van der Waals surface area contributed by atoms with Gasteiger partial charge in [-0.15, -0.1) is 0 Å². The van der Waals surface area contributed by atoms with Gasteiger partial charge in [0.1, 0.15) is 17.1 Å². The standard InChI is InChI=1S/C16H16N2O3S/c1-3-4-5-6-9-18-15(20)13(14(19)17-16(18)22)10-12-8-7-11(2)21-12/h3-8,10H,9H2,1-2H3,(H,17,19,22)/b4-3+,6-5+,13-10+. The minimum Gasteiger partial charge on any atom is -0.462 e. The first kappa shape index (κ1) is 15.9. The van der Waals surface area contributed by atoms with Crippen LogP contribution >= 0.6 is 12.2 Å². The van der Waals surface area contributed by atoms with Crippen molar-refractivity contribution in [1.82, 2.24) is 10.2 Å². The maximum Gasteiger partial charge on any atom is 0.266 e. The number of aryl methyl sites for hydroxylation is 1. The van der Waals surface area contributed by atoms with Gasteiger partial charge in [-0.3, -0.25) is 19.8 Å². The highest BCUT2D eigenvalue weighted by Crippen LogP contribution is 2.16. The van der Waals surface area contributed by atoms with Crippen molar-refractivity contribution in [2.24, 2.45) is 0 Å². The predicted molar refractivity (Wildman–Crippen MR) is 87.8 cm³/mol. The smallest absolute Gasteiger partial charge is 0.266 e. The molecule has 1 N–H and O–H groups in total. The Morgan fingerprint density at radius 2 is 2.09 bits per heavy atom. The zero-order valence-corrected chi connectivity index (χ0v) is 13.1. The molecule has 0 unspecified atom stereocenters. The molecule has 0 bridgehead atoms. The van der Waals surface area contributed by atoms with Gasteiger partial charge in [0.25, 0.3) is 11.8 Å². The number of carbonyl (C=O) groups is 2. The van der Waals surface area contributed by atoms with Crippen molar-refractivity contribution in [2.45, 2.75) is 13.8 Å². The first-order valence-electron chi connectivity index (χ1n) is 6.76. The number of thiocarbonyl (C=S) groups is 1. The third-order valence-electron chi connectivity index (χ3n) is 2.96. The fraction of sp³-hybridized carbons (Fsp3) is 0.188. The molecule has 5 nitrogen and oxygen atoms in total. The minimum absolute atomic E-state index is 0.00221. The Morgan fingerprint density at radius 1 is 1.32 bits per heavy atom. The van der Waals surface area contributed by atoms with Crippen molar-refractivity contribution in [3.05, 3.63) is 53.5 Å². The molecular formula is C16H16N2O3S. The Morgan fingerprint density at radius 3 is 2.73 bits per heavy atom. The number of amides is 2. The number of furan rings is 1. The number of nitrogens with zero attached hydrogens (tertiary/aromatic N) is 1. The summed E-state index contributed by atoms with van der Waals surface area (Å²) in [6.07, 6.45) is 8.74. The lowest BCUT2D eigenvalue weighted by Gasteiger charge is -2.27. The maximum atomic E-state index is 12.4. The summed E-state index contributed by atoms with van der Waals surface area (Å²) >= 11 is 5.05. The van der Waals surface area contributed by atoms with Gasteiger partial charge >= 0.3 is 0 Å². The minimum atomic E-state index is -0.516. The normalized spacial score (nSPS) is 18.0. The molecular weight excluding hydrogens is 300 g/mol. The van der Waals surface area contributed by atoms with E-state index in [0.717, 1.165) is 0 Å². The van der Waals surface area contributed by atoms with E-state index < -0.39 is 11.8 Å². The molecule has 1 aromatic heterocycles. The average Bonchev–Trinajstić information content (AvgIpc) is 2.88. The van der Waals surface area contributed by atoms with E-state index in [-0.39, 0.29) is 17.2 Å². The molecule has 2 rings (SSSR count). The molecule has 2 amide bonds. The largest absolute Gasteiger partial charge is 0.462 e. The lowest BCUT2D eigenvalue weighted by molar-refractivity contribution is -0.128. The molecule has 0 saturated carbocycles. The van der Waals surface area contributed by atoms with Crippen LogP contribution in [0.5, 0.6) is 0 Å².